The molecule has 31 heavy (non-hydrogen) atoms. The average molecular weight is 434 g/mol. The van der Waals surface area contributed by atoms with E-state index in [1.54, 1.807) is 5.82 Å². The molecule has 0 saturated carbocycles. The molecule has 0 aliphatic rings. The van der Waals surface area contributed by atoms with Crippen LogP contribution in [0.2, 0.25) is 0 Å². The Balaban J connectivity index is 2.01. The van der Waals surface area contributed by atoms with Gasteiger partial charge in [0.05, 0.1) is 13.1 Å². The highest BCUT2D eigenvalue weighted by Gasteiger charge is 2.15. The predicted molar refractivity (Wildman–Crippen MR) is 138 cm³/mol. The first-order valence-electron chi connectivity index (χ1n) is 14.4. The second kappa shape index (κ2) is 21.1. The second-order valence-electron chi connectivity index (χ2n) is 9.86. The van der Waals surface area contributed by atoms with E-state index in [-0.39, 0.29) is 0 Å². The molecule has 0 bridgehead atoms. The maximum atomic E-state index is 2.55. The third-order valence-electron chi connectivity index (χ3n) is 6.82. The molecule has 0 unspecified atom stereocenters. The fourth-order valence-corrected chi connectivity index (χ4v) is 4.78. The summed E-state index contributed by atoms with van der Waals surface area (Å²) in [6, 6.07) is 0. The summed E-state index contributed by atoms with van der Waals surface area (Å²) >= 11 is 0. The molecule has 0 radical (unpaired) electrons. The lowest BCUT2D eigenvalue weighted by atomic mass is 10.0. The number of hydrogen-bond donors (Lipinski definition) is 0. The number of nitrogens with zero attached hydrogens (tertiary/aromatic N) is 2. The predicted octanol–water partition coefficient (Wildman–Crippen LogP) is 9.18. The van der Waals surface area contributed by atoms with Gasteiger partial charge >= 0.3 is 0 Å². The van der Waals surface area contributed by atoms with Gasteiger partial charge in [0.25, 0.3) is 5.82 Å². The highest BCUT2D eigenvalue weighted by atomic mass is 15.1. The average Bonchev–Trinajstić information content (AvgIpc) is 3.15. The van der Waals surface area contributed by atoms with Crippen LogP contribution in [0.15, 0.2) is 12.4 Å². The van der Waals surface area contributed by atoms with E-state index >= 15 is 0 Å². The first-order chi connectivity index (χ1) is 15.3. The van der Waals surface area contributed by atoms with Crippen LogP contribution in [0.4, 0.5) is 0 Å². The number of imidazole rings is 1. The van der Waals surface area contributed by atoms with Gasteiger partial charge in [0, 0.05) is 6.42 Å². The minimum absolute atomic E-state index is 1.21. The van der Waals surface area contributed by atoms with Gasteiger partial charge < -0.3 is 0 Å². The molecule has 1 aromatic rings. The van der Waals surface area contributed by atoms with Crippen LogP contribution in [-0.2, 0) is 19.5 Å². The lowest BCUT2D eigenvalue weighted by Gasteiger charge is -2.05. The Morgan fingerprint density at radius 1 is 0.548 bits per heavy atom. The lowest BCUT2D eigenvalue weighted by Crippen LogP contribution is -2.37. The zero-order valence-electron chi connectivity index (χ0n) is 21.8. The molecule has 0 aliphatic heterocycles. The Kier molecular flexibility index (Phi) is 19.2. The third-order valence-corrected chi connectivity index (χ3v) is 6.82. The van der Waals surface area contributed by atoms with Gasteiger partial charge in [-0.25, -0.2) is 9.13 Å². The summed E-state index contributed by atoms with van der Waals surface area (Å²) < 4.78 is 5.08. The molecular formula is C29H57N2+. The van der Waals surface area contributed by atoms with E-state index in [9.17, 15) is 0 Å². The van der Waals surface area contributed by atoms with Crippen LogP contribution < -0.4 is 4.57 Å². The number of unbranched alkanes of at least 4 members (excludes halogenated alkanes) is 17. The quantitative estimate of drug-likeness (QED) is 0.120. The number of hydrogen-bond acceptors (Lipinski definition) is 0. The first kappa shape index (κ1) is 28.2. The second-order valence-corrected chi connectivity index (χ2v) is 9.86. The summed E-state index contributed by atoms with van der Waals surface area (Å²) in [6.45, 7) is 9.34. The normalized spacial score (nSPS) is 11.5. The third kappa shape index (κ3) is 14.8. The van der Waals surface area contributed by atoms with Crippen molar-refractivity contribution in [3.8, 4) is 0 Å². The summed E-state index contributed by atoms with van der Waals surface area (Å²) in [5.74, 6) is 1.56. The van der Waals surface area contributed by atoms with Crippen LogP contribution in [0.25, 0.3) is 0 Å². The Labute approximate surface area is 196 Å². The van der Waals surface area contributed by atoms with E-state index in [0.29, 0.717) is 0 Å². The summed E-state index contributed by atoms with van der Waals surface area (Å²) in [6.07, 6.45) is 34.2. The molecule has 0 atom stereocenters. The van der Waals surface area contributed by atoms with Gasteiger partial charge in [0.15, 0.2) is 0 Å². The Bertz CT molecular complexity index is 491. The number of rotatable bonds is 23. The molecule has 2 heteroatoms. The van der Waals surface area contributed by atoms with Crippen LogP contribution >= 0.6 is 0 Å². The first-order valence-corrected chi connectivity index (χ1v) is 14.4. The van der Waals surface area contributed by atoms with Gasteiger partial charge in [-0.1, -0.05) is 117 Å². The molecule has 0 N–H and O–H groups in total. The molecule has 1 aromatic heterocycles. The van der Waals surface area contributed by atoms with Crippen molar-refractivity contribution in [2.75, 3.05) is 0 Å². The molecule has 0 aromatic carbocycles. The number of aromatic nitrogens is 2. The van der Waals surface area contributed by atoms with Crippen LogP contribution in [0.1, 0.15) is 155 Å². The van der Waals surface area contributed by atoms with Crippen molar-refractivity contribution < 1.29 is 4.57 Å². The van der Waals surface area contributed by atoms with Gasteiger partial charge in [0.1, 0.15) is 12.4 Å². The molecule has 0 amide bonds. The van der Waals surface area contributed by atoms with E-state index in [0.717, 1.165) is 0 Å². The van der Waals surface area contributed by atoms with E-state index in [1.807, 2.05) is 0 Å². The van der Waals surface area contributed by atoms with E-state index in [2.05, 4.69) is 42.3 Å². The highest BCUT2D eigenvalue weighted by Crippen LogP contribution is 2.14. The monoisotopic (exact) mass is 433 g/mol. The Morgan fingerprint density at radius 3 is 1.48 bits per heavy atom. The largest absolute Gasteiger partial charge is 0.256 e. The standard InChI is InChI=1S/C29H57N2/c1-4-7-9-11-12-13-14-15-16-17-18-19-20-21-23-26-31-28-27-30(29(31)24-6-3)25-22-10-8-5-2/h27-28H,4-26H2,1-3H3/q+1. The van der Waals surface area contributed by atoms with Crippen molar-refractivity contribution in [1.29, 1.82) is 0 Å². The molecule has 0 saturated heterocycles. The summed E-state index contributed by atoms with van der Waals surface area (Å²) in [7, 11) is 0. The number of aryl methyl sites for hydroxylation is 2. The van der Waals surface area contributed by atoms with Crippen molar-refractivity contribution in [2.24, 2.45) is 0 Å². The fourth-order valence-electron chi connectivity index (χ4n) is 4.78. The van der Waals surface area contributed by atoms with Crippen molar-refractivity contribution in [3.63, 3.8) is 0 Å². The molecular weight excluding hydrogens is 376 g/mol. The maximum absolute atomic E-state index is 2.55. The highest BCUT2D eigenvalue weighted by molar-refractivity contribution is 4.84. The topological polar surface area (TPSA) is 8.81 Å². The molecule has 0 fully saturated rings. The molecule has 0 spiro atoms. The van der Waals surface area contributed by atoms with Crippen molar-refractivity contribution in [3.05, 3.63) is 18.2 Å². The van der Waals surface area contributed by atoms with Crippen LogP contribution in [0.5, 0.6) is 0 Å². The minimum atomic E-state index is 1.21. The van der Waals surface area contributed by atoms with Crippen molar-refractivity contribution >= 4 is 0 Å². The van der Waals surface area contributed by atoms with E-state index in [1.165, 1.54) is 148 Å². The fraction of sp³-hybridized carbons (Fsp3) is 0.897. The van der Waals surface area contributed by atoms with E-state index in [4.69, 9.17) is 0 Å². The maximum Gasteiger partial charge on any atom is 0.256 e. The molecule has 182 valence electrons. The summed E-state index contributed by atoms with van der Waals surface area (Å²) in [4.78, 5) is 0. The van der Waals surface area contributed by atoms with Gasteiger partial charge in [-0.2, -0.15) is 0 Å². The molecule has 1 heterocycles. The van der Waals surface area contributed by atoms with Gasteiger partial charge in [-0.05, 0) is 32.1 Å². The Hall–Kier alpha value is -0.790. The van der Waals surface area contributed by atoms with Gasteiger partial charge in [0.2, 0.25) is 0 Å². The van der Waals surface area contributed by atoms with E-state index < -0.39 is 0 Å². The lowest BCUT2D eigenvalue weighted by molar-refractivity contribution is -0.704. The van der Waals surface area contributed by atoms with Gasteiger partial charge in [-0.3, -0.25) is 0 Å². The zero-order valence-corrected chi connectivity index (χ0v) is 21.8. The van der Waals surface area contributed by atoms with Crippen LogP contribution in [0, 0.1) is 0 Å². The SMILES string of the molecule is CCCCCCCCCCCCCCCCCn1cc[n+](CCCCCC)c1CCC. The molecule has 2 nitrogen and oxygen atoms in total. The van der Waals surface area contributed by atoms with Crippen LogP contribution in [0.3, 0.4) is 0 Å². The molecule has 0 aliphatic carbocycles. The van der Waals surface area contributed by atoms with Gasteiger partial charge in [-0.15, -0.1) is 0 Å². The summed E-state index contributed by atoms with van der Waals surface area (Å²) in [5.41, 5.74) is 0. The molecule has 1 rings (SSSR count). The van der Waals surface area contributed by atoms with Crippen LogP contribution in [-0.4, -0.2) is 4.57 Å². The minimum Gasteiger partial charge on any atom is -0.234 e. The smallest absolute Gasteiger partial charge is 0.234 e. The summed E-state index contributed by atoms with van der Waals surface area (Å²) in [5, 5.41) is 0. The van der Waals surface area contributed by atoms with Crippen molar-refractivity contribution in [2.45, 2.75) is 169 Å². The zero-order chi connectivity index (χ0) is 22.4. The Morgan fingerprint density at radius 2 is 1.00 bits per heavy atom. The van der Waals surface area contributed by atoms with Crippen molar-refractivity contribution in [1.82, 2.24) is 4.57 Å².